The van der Waals surface area contributed by atoms with Gasteiger partial charge in [-0.3, -0.25) is 4.79 Å². The number of carbonyl (C=O) groups excluding carboxylic acids is 1. The second-order valence-corrected chi connectivity index (χ2v) is 6.22. The Balaban J connectivity index is 2.06. The molecule has 0 bridgehead atoms. The van der Waals surface area contributed by atoms with Gasteiger partial charge in [-0.25, -0.2) is 0 Å². The van der Waals surface area contributed by atoms with Crippen LogP contribution in [0.15, 0.2) is 84.9 Å². The van der Waals surface area contributed by atoms with Gasteiger partial charge in [-0.1, -0.05) is 67.6 Å². The third kappa shape index (κ3) is 3.80. The number of ketones is 1. The lowest BCUT2D eigenvalue weighted by atomic mass is 9.76. The number of hydrogen-bond donors (Lipinski definition) is 1. The fourth-order valence-corrected chi connectivity index (χ4v) is 3.40. The highest BCUT2D eigenvalue weighted by molar-refractivity contribution is 6.01. The smallest absolute Gasteiger partial charge is 0.170 e. The average molecular weight is 330 g/mol. The van der Waals surface area contributed by atoms with E-state index >= 15 is 0 Å². The molecular weight excluding hydrogens is 308 g/mol. The molecule has 3 aromatic rings. The van der Waals surface area contributed by atoms with Crippen molar-refractivity contribution in [1.29, 1.82) is 0 Å². The van der Waals surface area contributed by atoms with Gasteiger partial charge in [0.1, 0.15) is 5.75 Å². The van der Waals surface area contributed by atoms with E-state index in [-0.39, 0.29) is 23.4 Å². The van der Waals surface area contributed by atoms with Crippen LogP contribution in [-0.4, -0.2) is 10.9 Å². The monoisotopic (exact) mass is 330 g/mol. The highest BCUT2D eigenvalue weighted by atomic mass is 16.3. The molecule has 0 aliphatic rings. The molecule has 2 nitrogen and oxygen atoms in total. The van der Waals surface area contributed by atoms with Crippen LogP contribution < -0.4 is 0 Å². The molecule has 0 unspecified atom stereocenters. The number of phenols is 1. The van der Waals surface area contributed by atoms with Gasteiger partial charge in [0.25, 0.3) is 0 Å². The molecule has 0 spiro atoms. The van der Waals surface area contributed by atoms with E-state index < -0.39 is 0 Å². The lowest BCUT2D eigenvalue weighted by molar-refractivity contribution is 0.0945. The third-order valence-electron chi connectivity index (χ3n) is 4.66. The van der Waals surface area contributed by atoms with Crippen LogP contribution in [0.4, 0.5) is 0 Å². The quantitative estimate of drug-likeness (QED) is 0.601. The van der Waals surface area contributed by atoms with Crippen molar-refractivity contribution in [3.8, 4) is 5.75 Å². The normalized spacial score (nSPS) is 13.2. The number of benzene rings is 3. The number of Topliss-reactive ketones (excluding diaryl/α,β-unsaturated/α-hetero) is 1. The molecule has 0 aliphatic carbocycles. The number of phenolic OH excluding ortho intramolecular Hbond substituents is 1. The molecule has 2 atom stereocenters. The van der Waals surface area contributed by atoms with Crippen LogP contribution in [0.3, 0.4) is 0 Å². The van der Waals surface area contributed by atoms with Crippen molar-refractivity contribution in [2.75, 3.05) is 0 Å². The van der Waals surface area contributed by atoms with Crippen molar-refractivity contribution >= 4 is 5.78 Å². The molecule has 0 fully saturated rings. The lowest BCUT2D eigenvalue weighted by Gasteiger charge is -2.26. The van der Waals surface area contributed by atoms with E-state index in [1.54, 1.807) is 24.3 Å². The van der Waals surface area contributed by atoms with E-state index in [4.69, 9.17) is 0 Å². The van der Waals surface area contributed by atoms with Crippen LogP contribution in [0.5, 0.6) is 5.75 Å². The predicted molar refractivity (Wildman–Crippen MR) is 101 cm³/mol. The maximum Gasteiger partial charge on any atom is 0.170 e. The molecule has 3 aromatic carbocycles. The zero-order valence-electron chi connectivity index (χ0n) is 14.3. The molecule has 3 rings (SSSR count). The second kappa shape index (κ2) is 7.80. The first-order valence-corrected chi connectivity index (χ1v) is 8.64. The Kier molecular flexibility index (Phi) is 5.30. The summed E-state index contributed by atoms with van der Waals surface area (Å²) in [5.74, 6) is 0.105. The summed E-state index contributed by atoms with van der Waals surface area (Å²) in [6.07, 6.45) is 0.868. The summed E-state index contributed by atoms with van der Waals surface area (Å²) in [5.41, 5.74) is 2.82. The van der Waals surface area contributed by atoms with Gasteiger partial charge in [0.15, 0.2) is 5.78 Å². The maximum absolute atomic E-state index is 13.3. The van der Waals surface area contributed by atoms with Gasteiger partial charge in [0.2, 0.25) is 0 Å². The summed E-state index contributed by atoms with van der Waals surface area (Å²) in [6.45, 7) is 2.12. The number of carbonyl (C=O) groups is 1. The molecule has 2 heteroatoms. The summed E-state index contributed by atoms with van der Waals surface area (Å²) >= 11 is 0. The highest BCUT2D eigenvalue weighted by Crippen LogP contribution is 2.38. The van der Waals surface area contributed by atoms with Gasteiger partial charge in [-0.15, -0.1) is 0 Å². The Morgan fingerprint density at radius 3 is 1.84 bits per heavy atom. The van der Waals surface area contributed by atoms with E-state index in [9.17, 15) is 9.90 Å². The first-order valence-electron chi connectivity index (χ1n) is 8.64. The Morgan fingerprint density at radius 2 is 1.32 bits per heavy atom. The van der Waals surface area contributed by atoms with Crippen LogP contribution in [0.1, 0.15) is 46.7 Å². The van der Waals surface area contributed by atoms with Crippen LogP contribution in [0.2, 0.25) is 0 Å². The van der Waals surface area contributed by atoms with Crippen molar-refractivity contribution in [2.45, 2.75) is 25.2 Å². The van der Waals surface area contributed by atoms with Crippen LogP contribution in [0.25, 0.3) is 0 Å². The summed E-state index contributed by atoms with van der Waals surface area (Å²) in [4.78, 5) is 13.3. The SMILES string of the molecule is CC[C@H](c1ccccc1)[C@@H](C(=O)c1ccc(O)cc1)c1ccccc1. The van der Waals surface area contributed by atoms with Crippen molar-refractivity contribution in [1.82, 2.24) is 0 Å². The van der Waals surface area contributed by atoms with Gasteiger partial charge in [-0.2, -0.15) is 0 Å². The molecule has 0 amide bonds. The molecule has 0 aliphatic heterocycles. The van der Waals surface area contributed by atoms with E-state index in [0.29, 0.717) is 5.56 Å². The fraction of sp³-hybridized carbons (Fsp3) is 0.174. The molecule has 25 heavy (non-hydrogen) atoms. The van der Waals surface area contributed by atoms with E-state index in [2.05, 4.69) is 19.1 Å². The van der Waals surface area contributed by atoms with Crippen molar-refractivity contribution in [3.63, 3.8) is 0 Å². The molecule has 0 heterocycles. The first kappa shape index (κ1) is 17.0. The lowest BCUT2D eigenvalue weighted by Crippen LogP contribution is -2.20. The second-order valence-electron chi connectivity index (χ2n) is 6.22. The summed E-state index contributed by atoms with van der Waals surface area (Å²) in [5, 5.41) is 9.52. The largest absolute Gasteiger partial charge is 0.508 e. The van der Waals surface area contributed by atoms with Crippen LogP contribution in [-0.2, 0) is 0 Å². The molecule has 1 N–H and O–H groups in total. The first-order chi connectivity index (χ1) is 12.2. The summed E-state index contributed by atoms with van der Waals surface area (Å²) < 4.78 is 0. The van der Waals surface area contributed by atoms with Crippen LogP contribution >= 0.6 is 0 Å². The number of hydrogen-bond acceptors (Lipinski definition) is 2. The van der Waals surface area contributed by atoms with Gasteiger partial charge >= 0.3 is 0 Å². The minimum Gasteiger partial charge on any atom is -0.508 e. The highest BCUT2D eigenvalue weighted by Gasteiger charge is 2.30. The predicted octanol–water partition coefficient (Wildman–Crippen LogP) is 5.55. The maximum atomic E-state index is 13.3. The Hall–Kier alpha value is -2.87. The minimum atomic E-state index is -0.252. The van der Waals surface area contributed by atoms with Gasteiger partial charge in [0.05, 0.1) is 5.92 Å². The van der Waals surface area contributed by atoms with Crippen molar-refractivity contribution in [2.24, 2.45) is 0 Å². The Bertz CT molecular complexity index is 808. The number of rotatable bonds is 6. The van der Waals surface area contributed by atoms with Gasteiger partial charge in [0, 0.05) is 5.56 Å². The van der Waals surface area contributed by atoms with E-state index in [1.165, 1.54) is 5.56 Å². The van der Waals surface area contributed by atoms with E-state index in [1.807, 2.05) is 48.5 Å². The molecule has 0 radical (unpaired) electrons. The van der Waals surface area contributed by atoms with Gasteiger partial charge in [-0.05, 0) is 47.7 Å². The zero-order valence-corrected chi connectivity index (χ0v) is 14.3. The van der Waals surface area contributed by atoms with Gasteiger partial charge < -0.3 is 5.11 Å². The van der Waals surface area contributed by atoms with Crippen molar-refractivity contribution < 1.29 is 9.90 Å². The zero-order chi connectivity index (χ0) is 17.6. The van der Waals surface area contributed by atoms with Crippen LogP contribution in [0, 0.1) is 0 Å². The molecule has 0 aromatic heterocycles. The standard InChI is InChI=1S/C23H22O2/c1-2-21(17-9-5-3-6-10-17)22(18-11-7-4-8-12-18)23(25)19-13-15-20(24)16-14-19/h3-16,21-22,24H,2H2,1H3/t21-,22+/m1/s1. The Labute approximate surface area is 148 Å². The summed E-state index contributed by atoms with van der Waals surface area (Å²) in [7, 11) is 0. The molecule has 0 saturated heterocycles. The minimum absolute atomic E-state index is 0.0851. The number of aromatic hydroxyl groups is 1. The third-order valence-corrected chi connectivity index (χ3v) is 4.66. The summed E-state index contributed by atoms with van der Waals surface area (Å²) in [6, 6.07) is 26.7. The van der Waals surface area contributed by atoms with E-state index in [0.717, 1.165) is 12.0 Å². The Morgan fingerprint density at radius 1 is 0.800 bits per heavy atom. The fourth-order valence-electron chi connectivity index (χ4n) is 3.40. The molecule has 0 saturated carbocycles. The van der Waals surface area contributed by atoms with Crippen molar-refractivity contribution in [3.05, 3.63) is 102 Å². The molecule has 126 valence electrons. The average Bonchev–Trinajstić information content (AvgIpc) is 2.67. The topological polar surface area (TPSA) is 37.3 Å². The molecular formula is C23H22O2.